The number of aromatic nitrogens is 3. The topological polar surface area (TPSA) is 62.7 Å². The molecule has 5 nitrogen and oxygen atoms in total. The Labute approximate surface area is 129 Å². The number of halogens is 1. The van der Waals surface area contributed by atoms with Crippen molar-refractivity contribution in [1.82, 2.24) is 15.2 Å². The number of benzene rings is 1. The van der Waals surface area contributed by atoms with Gasteiger partial charge in [0.25, 0.3) is 0 Å². The van der Waals surface area contributed by atoms with Gasteiger partial charge in [-0.1, -0.05) is 36.9 Å². The summed E-state index contributed by atoms with van der Waals surface area (Å²) in [7, 11) is 0. The molecule has 0 spiro atoms. The SMILES string of the molecule is Clc1cccc(Nc2cnnc(NC3CCCCC3)n2)c1. The summed E-state index contributed by atoms with van der Waals surface area (Å²) in [4.78, 5) is 4.45. The van der Waals surface area contributed by atoms with E-state index in [0.717, 1.165) is 5.69 Å². The maximum atomic E-state index is 5.97. The first-order valence-electron chi connectivity index (χ1n) is 7.28. The van der Waals surface area contributed by atoms with Crippen molar-refractivity contribution in [3.63, 3.8) is 0 Å². The molecule has 0 saturated heterocycles. The van der Waals surface area contributed by atoms with E-state index in [4.69, 9.17) is 11.6 Å². The van der Waals surface area contributed by atoms with Crippen molar-refractivity contribution in [3.8, 4) is 0 Å². The lowest BCUT2D eigenvalue weighted by Gasteiger charge is -2.22. The molecule has 1 fully saturated rings. The van der Waals surface area contributed by atoms with Gasteiger partial charge in [0.05, 0.1) is 6.20 Å². The molecular formula is C15H18ClN5. The molecule has 0 radical (unpaired) electrons. The molecule has 2 N–H and O–H groups in total. The normalized spacial score (nSPS) is 15.7. The van der Waals surface area contributed by atoms with E-state index in [1.165, 1.54) is 32.1 Å². The second kappa shape index (κ2) is 6.72. The van der Waals surface area contributed by atoms with E-state index in [2.05, 4.69) is 25.8 Å². The van der Waals surface area contributed by atoms with Gasteiger partial charge in [-0.15, -0.1) is 5.10 Å². The summed E-state index contributed by atoms with van der Waals surface area (Å²) >= 11 is 5.97. The number of anilines is 3. The predicted molar refractivity (Wildman–Crippen MR) is 85.1 cm³/mol. The van der Waals surface area contributed by atoms with Gasteiger partial charge >= 0.3 is 0 Å². The van der Waals surface area contributed by atoms with Crippen LogP contribution in [0.4, 0.5) is 17.5 Å². The Bertz CT molecular complexity index is 598. The van der Waals surface area contributed by atoms with Gasteiger partial charge in [-0.25, -0.2) is 0 Å². The van der Waals surface area contributed by atoms with Crippen molar-refractivity contribution in [1.29, 1.82) is 0 Å². The molecule has 0 unspecified atom stereocenters. The Kier molecular flexibility index (Phi) is 4.50. The zero-order valence-corrected chi connectivity index (χ0v) is 12.5. The summed E-state index contributed by atoms with van der Waals surface area (Å²) in [5.41, 5.74) is 0.881. The van der Waals surface area contributed by atoms with Crippen molar-refractivity contribution in [3.05, 3.63) is 35.5 Å². The molecule has 0 amide bonds. The van der Waals surface area contributed by atoms with E-state index in [1.54, 1.807) is 6.20 Å². The van der Waals surface area contributed by atoms with Gasteiger partial charge in [-0.3, -0.25) is 0 Å². The molecule has 0 aliphatic heterocycles. The van der Waals surface area contributed by atoms with E-state index >= 15 is 0 Å². The first kappa shape index (κ1) is 14.1. The van der Waals surface area contributed by atoms with Gasteiger partial charge in [0.1, 0.15) is 0 Å². The van der Waals surface area contributed by atoms with Crippen molar-refractivity contribution in [2.45, 2.75) is 38.1 Å². The fourth-order valence-corrected chi connectivity index (χ4v) is 2.76. The Morgan fingerprint density at radius 3 is 2.81 bits per heavy atom. The quantitative estimate of drug-likeness (QED) is 0.893. The molecule has 1 aliphatic rings. The van der Waals surface area contributed by atoms with Crippen LogP contribution in [0, 0.1) is 0 Å². The summed E-state index contributed by atoms with van der Waals surface area (Å²) in [5, 5.41) is 15.3. The van der Waals surface area contributed by atoms with Gasteiger partial charge in [-0.2, -0.15) is 10.1 Å². The molecule has 110 valence electrons. The molecule has 1 heterocycles. The predicted octanol–water partition coefficient (Wildman–Crippen LogP) is 4.01. The minimum absolute atomic E-state index is 0.460. The maximum Gasteiger partial charge on any atom is 0.244 e. The lowest BCUT2D eigenvalue weighted by atomic mass is 9.96. The molecular weight excluding hydrogens is 286 g/mol. The third-order valence-corrected chi connectivity index (χ3v) is 3.83. The summed E-state index contributed by atoms with van der Waals surface area (Å²) in [6.45, 7) is 0. The summed E-state index contributed by atoms with van der Waals surface area (Å²) in [5.74, 6) is 1.24. The minimum Gasteiger partial charge on any atom is -0.350 e. The third-order valence-electron chi connectivity index (χ3n) is 3.59. The molecule has 3 rings (SSSR count). The first-order chi connectivity index (χ1) is 10.3. The van der Waals surface area contributed by atoms with Gasteiger partial charge < -0.3 is 10.6 Å². The van der Waals surface area contributed by atoms with Crippen LogP contribution in [0.15, 0.2) is 30.5 Å². The molecule has 2 aromatic rings. The van der Waals surface area contributed by atoms with Crippen molar-refractivity contribution < 1.29 is 0 Å². The molecule has 1 aromatic carbocycles. The summed E-state index contributed by atoms with van der Waals surface area (Å²) in [6, 6.07) is 7.96. The van der Waals surface area contributed by atoms with Crippen LogP contribution in [0.1, 0.15) is 32.1 Å². The molecule has 21 heavy (non-hydrogen) atoms. The van der Waals surface area contributed by atoms with Crippen LogP contribution < -0.4 is 10.6 Å². The van der Waals surface area contributed by atoms with E-state index in [1.807, 2.05) is 24.3 Å². The zero-order valence-electron chi connectivity index (χ0n) is 11.7. The van der Waals surface area contributed by atoms with Crippen LogP contribution >= 0.6 is 11.6 Å². The van der Waals surface area contributed by atoms with Gasteiger partial charge in [0, 0.05) is 16.8 Å². The molecule has 1 aromatic heterocycles. The molecule has 0 atom stereocenters. The Balaban J connectivity index is 1.67. The number of hydrogen-bond acceptors (Lipinski definition) is 5. The largest absolute Gasteiger partial charge is 0.350 e. The van der Waals surface area contributed by atoms with E-state index in [-0.39, 0.29) is 0 Å². The second-order valence-electron chi connectivity index (χ2n) is 5.28. The molecule has 0 bridgehead atoms. The van der Waals surface area contributed by atoms with E-state index in [9.17, 15) is 0 Å². The first-order valence-corrected chi connectivity index (χ1v) is 7.66. The van der Waals surface area contributed by atoms with Crippen molar-refractivity contribution in [2.24, 2.45) is 0 Å². The fourth-order valence-electron chi connectivity index (χ4n) is 2.57. The Morgan fingerprint density at radius 2 is 2.00 bits per heavy atom. The van der Waals surface area contributed by atoms with Crippen LogP contribution in [0.3, 0.4) is 0 Å². The van der Waals surface area contributed by atoms with Crippen molar-refractivity contribution >= 4 is 29.1 Å². The van der Waals surface area contributed by atoms with Crippen LogP contribution in [0.2, 0.25) is 5.02 Å². The fraction of sp³-hybridized carbons (Fsp3) is 0.400. The molecule has 6 heteroatoms. The average molecular weight is 304 g/mol. The van der Waals surface area contributed by atoms with Crippen LogP contribution in [-0.2, 0) is 0 Å². The number of rotatable bonds is 4. The summed E-state index contributed by atoms with van der Waals surface area (Å²) in [6.07, 6.45) is 7.82. The Morgan fingerprint density at radius 1 is 1.14 bits per heavy atom. The zero-order chi connectivity index (χ0) is 14.5. The maximum absolute atomic E-state index is 5.97. The van der Waals surface area contributed by atoms with Crippen LogP contribution in [0.5, 0.6) is 0 Å². The van der Waals surface area contributed by atoms with Crippen LogP contribution in [0.25, 0.3) is 0 Å². The van der Waals surface area contributed by atoms with Gasteiger partial charge in [0.15, 0.2) is 5.82 Å². The standard InChI is InChI=1S/C15H18ClN5/c16-11-5-4-8-13(9-11)18-14-10-17-21-15(20-14)19-12-6-2-1-3-7-12/h4-5,8-10,12H,1-3,6-7H2,(H2,18,19,20,21). The van der Waals surface area contributed by atoms with Crippen molar-refractivity contribution in [2.75, 3.05) is 10.6 Å². The summed E-state index contributed by atoms with van der Waals surface area (Å²) < 4.78 is 0. The molecule has 1 saturated carbocycles. The highest BCUT2D eigenvalue weighted by atomic mass is 35.5. The van der Waals surface area contributed by atoms with Gasteiger partial charge in [-0.05, 0) is 31.0 Å². The molecule has 1 aliphatic carbocycles. The third kappa shape index (κ3) is 4.04. The van der Waals surface area contributed by atoms with E-state index < -0.39 is 0 Å². The highest BCUT2D eigenvalue weighted by molar-refractivity contribution is 6.30. The second-order valence-corrected chi connectivity index (χ2v) is 5.72. The average Bonchev–Trinajstić information content (AvgIpc) is 2.49. The number of nitrogens with zero attached hydrogens (tertiary/aromatic N) is 3. The monoisotopic (exact) mass is 303 g/mol. The van der Waals surface area contributed by atoms with E-state index in [0.29, 0.717) is 22.8 Å². The highest BCUT2D eigenvalue weighted by Crippen LogP contribution is 2.21. The Hall–Kier alpha value is -1.88. The number of hydrogen-bond donors (Lipinski definition) is 2. The highest BCUT2D eigenvalue weighted by Gasteiger charge is 2.14. The minimum atomic E-state index is 0.460. The van der Waals surface area contributed by atoms with Gasteiger partial charge in [0.2, 0.25) is 5.95 Å². The lowest BCUT2D eigenvalue weighted by molar-refractivity contribution is 0.460. The number of nitrogens with one attached hydrogen (secondary N) is 2. The smallest absolute Gasteiger partial charge is 0.244 e. The lowest BCUT2D eigenvalue weighted by Crippen LogP contribution is -2.23. The van der Waals surface area contributed by atoms with Crippen LogP contribution in [-0.4, -0.2) is 21.2 Å².